The Labute approximate surface area is 80.3 Å². The van der Waals surface area contributed by atoms with Crippen LogP contribution in [-0.2, 0) is 4.79 Å². The highest BCUT2D eigenvalue weighted by molar-refractivity contribution is 5.49. The molecule has 0 spiro atoms. The summed E-state index contributed by atoms with van der Waals surface area (Å²) in [7, 11) is 0. The minimum absolute atomic E-state index is 0.0566. The lowest BCUT2D eigenvalue weighted by molar-refractivity contribution is -0.120. The largest absolute Gasteiger partial charge is 0.340 e. The quantitative estimate of drug-likeness (QED) is 0.662. The summed E-state index contributed by atoms with van der Waals surface area (Å²) in [4.78, 5) is 12.7. The molecule has 0 radical (unpaired) electrons. The third-order valence-electron chi connectivity index (χ3n) is 2.96. The summed E-state index contributed by atoms with van der Waals surface area (Å²) in [6, 6.07) is 0. The van der Waals surface area contributed by atoms with Gasteiger partial charge in [-0.1, -0.05) is 0 Å². The fourth-order valence-corrected chi connectivity index (χ4v) is 2.20. The summed E-state index contributed by atoms with van der Waals surface area (Å²) in [5.74, 6) is 0.656. The lowest BCUT2D eigenvalue weighted by Crippen LogP contribution is -2.36. The van der Waals surface area contributed by atoms with E-state index in [1.54, 1.807) is 0 Å². The van der Waals surface area contributed by atoms with Crippen molar-refractivity contribution in [2.24, 2.45) is 11.7 Å². The van der Waals surface area contributed by atoms with Gasteiger partial charge >= 0.3 is 0 Å². The summed E-state index contributed by atoms with van der Waals surface area (Å²) >= 11 is 0. The Balaban J connectivity index is 2.44. The molecule has 1 amide bonds. The zero-order valence-corrected chi connectivity index (χ0v) is 8.62. The van der Waals surface area contributed by atoms with Crippen molar-refractivity contribution in [3.63, 3.8) is 0 Å². The minimum atomic E-state index is 0.0566. The molecule has 0 saturated carbocycles. The van der Waals surface area contributed by atoms with E-state index in [0.717, 1.165) is 38.8 Å². The molecule has 1 unspecified atom stereocenters. The van der Waals surface area contributed by atoms with Crippen LogP contribution in [-0.4, -0.2) is 29.9 Å². The van der Waals surface area contributed by atoms with Gasteiger partial charge in [0.25, 0.3) is 0 Å². The number of carbonyl (C=O) groups is 1. The normalized spacial score (nSPS) is 26.4. The molecule has 0 aromatic carbocycles. The van der Waals surface area contributed by atoms with Crippen LogP contribution in [0.3, 0.4) is 0 Å². The van der Waals surface area contributed by atoms with E-state index >= 15 is 0 Å². The van der Waals surface area contributed by atoms with Gasteiger partial charge in [0.1, 0.15) is 0 Å². The average molecular weight is 184 g/mol. The Kier molecular flexibility index (Phi) is 3.31. The van der Waals surface area contributed by atoms with Crippen molar-refractivity contribution in [1.82, 2.24) is 4.90 Å². The van der Waals surface area contributed by atoms with Crippen LogP contribution >= 0.6 is 0 Å². The van der Waals surface area contributed by atoms with E-state index in [1.807, 2.05) is 4.90 Å². The summed E-state index contributed by atoms with van der Waals surface area (Å²) in [5, 5.41) is 0. The number of nitrogens with zero attached hydrogens (tertiary/aromatic N) is 1. The third-order valence-corrected chi connectivity index (χ3v) is 2.96. The Hall–Kier alpha value is -0.570. The fraction of sp³-hybridized carbons (Fsp3) is 0.900. The standard InChI is InChI=1S/C10H20N2O/c1-10(2)6-9(4-3-5-11)7-12(10)8-13/h8-9H,3-7,11H2,1-2H3. The van der Waals surface area contributed by atoms with Crippen LogP contribution in [0.1, 0.15) is 33.1 Å². The number of likely N-dealkylation sites (tertiary alicyclic amines) is 1. The highest BCUT2D eigenvalue weighted by Gasteiger charge is 2.36. The molecule has 1 saturated heterocycles. The molecule has 1 rings (SSSR count). The maximum absolute atomic E-state index is 10.7. The molecule has 1 heterocycles. The zero-order valence-electron chi connectivity index (χ0n) is 8.62. The first-order valence-electron chi connectivity index (χ1n) is 5.02. The lowest BCUT2D eigenvalue weighted by Gasteiger charge is -2.27. The van der Waals surface area contributed by atoms with Gasteiger partial charge in [-0.3, -0.25) is 4.79 Å². The second-order valence-corrected chi connectivity index (χ2v) is 4.57. The van der Waals surface area contributed by atoms with Gasteiger partial charge in [0.15, 0.2) is 0 Å². The Morgan fingerprint density at radius 2 is 2.31 bits per heavy atom. The molecule has 1 aliphatic heterocycles. The first-order valence-corrected chi connectivity index (χ1v) is 5.02. The van der Waals surface area contributed by atoms with E-state index in [4.69, 9.17) is 5.73 Å². The van der Waals surface area contributed by atoms with Crippen LogP contribution in [0.2, 0.25) is 0 Å². The molecule has 76 valence electrons. The van der Waals surface area contributed by atoms with E-state index in [1.165, 1.54) is 0 Å². The number of hydrogen-bond donors (Lipinski definition) is 1. The molecule has 0 aromatic heterocycles. The Morgan fingerprint density at radius 1 is 1.62 bits per heavy atom. The van der Waals surface area contributed by atoms with Crippen LogP contribution < -0.4 is 5.73 Å². The minimum Gasteiger partial charge on any atom is -0.340 e. The molecule has 1 aliphatic rings. The van der Waals surface area contributed by atoms with Gasteiger partial charge < -0.3 is 10.6 Å². The molecular weight excluding hydrogens is 164 g/mol. The van der Waals surface area contributed by atoms with Crippen molar-refractivity contribution in [1.29, 1.82) is 0 Å². The molecule has 1 fully saturated rings. The molecule has 0 bridgehead atoms. The van der Waals surface area contributed by atoms with Gasteiger partial charge in [0, 0.05) is 12.1 Å². The predicted octanol–water partition coefficient (Wildman–Crippen LogP) is 0.982. The Bertz CT molecular complexity index is 180. The molecule has 3 nitrogen and oxygen atoms in total. The van der Waals surface area contributed by atoms with Gasteiger partial charge in [-0.2, -0.15) is 0 Å². The molecule has 1 atom stereocenters. The highest BCUT2D eigenvalue weighted by atomic mass is 16.1. The van der Waals surface area contributed by atoms with E-state index in [-0.39, 0.29) is 5.54 Å². The van der Waals surface area contributed by atoms with Crippen molar-refractivity contribution < 1.29 is 4.79 Å². The van der Waals surface area contributed by atoms with E-state index in [9.17, 15) is 4.79 Å². The van der Waals surface area contributed by atoms with Crippen LogP contribution in [0.15, 0.2) is 0 Å². The van der Waals surface area contributed by atoms with Crippen LogP contribution in [0.5, 0.6) is 0 Å². The van der Waals surface area contributed by atoms with E-state index < -0.39 is 0 Å². The van der Waals surface area contributed by atoms with Crippen LogP contribution in [0, 0.1) is 5.92 Å². The van der Waals surface area contributed by atoms with Gasteiger partial charge in [-0.05, 0) is 45.6 Å². The highest BCUT2D eigenvalue weighted by Crippen LogP contribution is 2.33. The number of hydrogen-bond acceptors (Lipinski definition) is 2. The first kappa shape index (κ1) is 10.5. The lowest BCUT2D eigenvalue weighted by atomic mass is 9.93. The van der Waals surface area contributed by atoms with Gasteiger partial charge in [-0.15, -0.1) is 0 Å². The second kappa shape index (κ2) is 4.09. The topological polar surface area (TPSA) is 46.3 Å². The summed E-state index contributed by atoms with van der Waals surface area (Å²) in [6.45, 7) is 5.93. The van der Waals surface area contributed by atoms with Crippen molar-refractivity contribution in [2.45, 2.75) is 38.6 Å². The van der Waals surface area contributed by atoms with E-state index in [0.29, 0.717) is 5.92 Å². The number of rotatable bonds is 4. The van der Waals surface area contributed by atoms with Crippen LogP contribution in [0.25, 0.3) is 0 Å². The summed E-state index contributed by atoms with van der Waals surface area (Å²) < 4.78 is 0. The maximum atomic E-state index is 10.7. The number of carbonyl (C=O) groups excluding carboxylic acids is 1. The zero-order chi connectivity index (χ0) is 9.90. The average Bonchev–Trinajstić information content (AvgIpc) is 2.36. The molecule has 2 N–H and O–H groups in total. The molecule has 0 aliphatic carbocycles. The fourth-order valence-electron chi connectivity index (χ4n) is 2.20. The van der Waals surface area contributed by atoms with Crippen molar-refractivity contribution >= 4 is 6.41 Å². The third kappa shape index (κ3) is 2.44. The Morgan fingerprint density at radius 3 is 2.77 bits per heavy atom. The van der Waals surface area contributed by atoms with Gasteiger partial charge in [-0.25, -0.2) is 0 Å². The number of amides is 1. The van der Waals surface area contributed by atoms with E-state index in [2.05, 4.69) is 13.8 Å². The SMILES string of the molecule is CC1(C)CC(CCCN)CN1C=O. The monoisotopic (exact) mass is 184 g/mol. The van der Waals surface area contributed by atoms with Crippen molar-refractivity contribution in [2.75, 3.05) is 13.1 Å². The van der Waals surface area contributed by atoms with Crippen molar-refractivity contribution in [3.05, 3.63) is 0 Å². The van der Waals surface area contributed by atoms with Crippen LogP contribution in [0.4, 0.5) is 0 Å². The number of nitrogens with two attached hydrogens (primary N) is 1. The summed E-state index contributed by atoms with van der Waals surface area (Å²) in [6.07, 6.45) is 4.33. The first-order chi connectivity index (χ1) is 6.10. The smallest absolute Gasteiger partial charge is 0.210 e. The van der Waals surface area contributed by atoms with Gasteiger partial charge in [0.2, 0.25) is 6.41 Å². The molecular formula is C10H20N2O. The van der Waals surface area contributed by atoms with Gasteiger partial charge in [0.05, 0.1) is 0 Å². The predicted molar refractivity (Wildman–Crippen MR) is 53.2 cm³/mol. The van der Waals surface area contributed by atoms with Crippen molar-refractivity contribution in [3.8, 4) is 0 Å². The summed E-state index contributed by atoms with van der Waals surface area (Å²) in [5.41, 5.74) is 5.51. The molecule has 0 aromatic rings. The second-order valence-electron chi connectivity index (χ2n) is 4.57. The molecule has 13 heavy (non-hydrogen) atoms. The maximum Gasteiger partial charge on any atom is 0.210 e. The molecule has 3 heteroatoms.